The van der Waals surface area contributed by atoms with Crippen LogP contribution in [0.2, 0.25) is 5.02 Å². The summed E-state index contributed by atoms with van der Waals surface area (Å²) in [5.41, 5.74) is 5.86. The minimum absolute atomic E-state index is 0.336. The first kappa shape index (κ1) is 13.9. The maximum absolute atomic E-state index is 12.6. The summed E-state index contributed by atoms with van der Waals surface area (Å²) < 4.78 is 38.8. The molecule has 0 aliphatic rings. The van der Waals surface area contributed by atoms with Gasteiger partial charge in [0.25, 0.3) is 0 Å². The van der Waals surface area contributed by atoms with Crippen LogP contribution in [0.25, 0.3) is 5.69 Å². The van der Waals surface area contributed by atoms with Crippen LogP contribution < -0.4 is 5.73 Å². The van der Waals surface area contributed by atoms with Crippen molar-refractivity contribution < 1.29 is 13.2 Å². The van der Waals surface area contributed by atoms with Gasteiger partial charge in [-0.25, -0.2) is 4.68 Å². The number of aromatic nitrogens is 2. The number of alkyl halides is 3. The molecule has 2 rings (SSSR count). The molecule has 2 N–H and O–H groups in total. The summed E-state index contributed by atoms with van der Waals surface area (Å²) in [6.45, 7) is 0.376. The molecule has 102 valence electrons. The first-order chi connectivity index (χ1) is 8.93. The van der Waals surface area contributed by atoms with Gasteiger partial charge in [0, 0.05) is 6.20 Å². The van der Waals surface area contributed by atoms with Gasteiger partial charge in [-0.1, -0.05) is 23.7 Å². The number of hydrogen-bond acceptors (Lipinski definition) is 2. The molecule has 0 saturated carbocycles. The third-order valence-corrected chi connectivity index (χ3v) is 2.93. The summed E-state index contributed by atoms with van der Waals surface area (Å²) in [6.07, 6.45) is -2.22. The topological polar surface area (TPSA) is 43.8 Å². The number of hydrogen-bond donors (Lipinski definition) is 1. The van der Waals surface area contributed by atoms with Crippen LogP contribution in [-0.4, -0.2) is 16.3 Å². The molecule has 1 aromatic heterocycles. The number of rotatable bonds is 3. The summed E-state index contributed by atoms with van der Waals surface area (Å²) in [4.78, 5) is 0. The lowest BCUT2D eigenvalue weighted by molar-refractivity contribution is -0.137. The van der Waals surface area contributed by atoms with E-state index in [1.807, 2.05) is 0 Å². The first-order valence-corrected chi connectivity index (χ1v) is 5.91. The van der Waals surface area contributed by atoms with E-state index >= 15 is 0 Å². The zero-order valence-electron chi connectivity index (χ0n) is 9.78. The molecule has 1 heterocycles. The van der Waals surface area contributed by atoms with Crippen LogP contribution in [-0.2, 0) is 12.6 Å². The molecule has 0 radical (unpaired) electrons. The van der Waals surface area contributed by atoms with Crippen LogP contribution in [0.4, 0.5) is 13.2 Å². The largest absolute Gasteiger partial charge is 0.419 e. The molecule has 3 nitrogen and oxygen atoms in total. The molecule has 0 bridgehead atoms. The fourth-order valence-corrected chi connectivity index (χ4v) is 2.05. The van der Waals surface area contributed by atoms with E-state index in [-0.39, 0.29) is 0 Å². The van der Waals surface area contributed by atoms with Gasteiger partial charge in [-0.3, -0.25) is 0 Å². The Morgan fingerprint density at radius 1 is 1.32 bits per heavy atom. The Kier molecular flexibility index (Phi) is 3.82. The highest BCUT2D eigenvalue weighted by Gasteiger charge is 2.32. The van der Waals surface area contributed by atoms with Crippen molar-refractivity contribution in [3.63, 3.8) is 0 Å². The highest BCUT2D eigenvalue weighted by molar-refractivity contribution is 6.32. The third kappa shape index (κ3) is 2.90. The highest BCUT2D eigenvalue weighted by Crippen LogP contribution is 2.31. The van der Waals surface area contributed by atoms with Gasteiger partial charge in [0.2, 0.25) is 0 Å². The minimum atomic E-state index is -4.42. The Hall–Kier alpha value is -1.53. The molecule has 2 aromatic rings. The molecule has 0 aliphatic heterocycles. The van der Waals surface area contributed by atoms with E-state index in [0.717, 1.165) is 22.6 Å². The Balaban J connectivity index is 2.49. The molecule has 0 amide bonds. The molecular weight excluding hydrogens is 279 g/mol. The van der Waals surface area contributed by atoms with Crippen molar-refractivity contribution >= 4 is 11.6 Å². The number of nitrogens with two attached hydrogens (primary N) is 1. The molecule has 1 aromatic carbocycles. The van der Waals surface area contributed by atoms with Crippen molar-refractivity contribution in [2.45, 2.75) is 12.6 Å². The predicted octanol–water partition coefficient (Wildman–Crippen LogP) is 3.05. The van der Waals surface area contributed by atoms with E-state index in [1.54, 1.807) is 18.2 Å². The first-order valence-electron chi connectivity index (χ1n) is 5.53. The third-order valence-electron chi connectivity index (χ3n) is 2.62. The van der Waals surface area contributed by atoms with Gasteiger partial charge in [0.15, 0.2) is 0 Å². The quantitative estimate of drug-likeness (QED) is 0.944. The molecule has 19 heavy (non-hydrogen) atoms. The average molecular weight is 290 g/mol. The van der Waals surface area contributed by atoms with Crippen molar-refractivity contribution in [2.24, 2.45) is 5.73 Å². The lowest BCUT2D eigenvalue weighted by Crippen LogP contribution is -2.08. The van der Waals surface area contributed by atoms with Gasteiger partial charge in [-0.15, -0.1) is 0 Å². The van der Waals surface area contributed by atoms with Crippen LogP contribution in [0.5, 0.6) is 0 Å². The van der Waals surface area contributed by atoms with E-state index in [2.05, 4.69) is 5.10 Å². The molecule has 0 unspecified atom stereocenters. The summed E-state index contributed by atoms with van der Waals surface area (Å²) in [6, 6.07) is 5.10. The zero-order valence-corrected chi connectivity index (χ0v) is 10.5. The summed E-state index contributed by atoms with van der Waals surface area (Å²) in [5.74, 6) is 0. The van der Waals surface area contributed by atoms with E-state index < -0.39 is 11.7 Å². The van der Waals surface area contributed by atoms with Crippen LogP contribution in [0, 0.1) is 0 Å². The Bertz CT molecular complexity index is 578. The van der Waals surface area contributed by atoms with Gasteiger partial charge >= 0.3 is 6.18 Å². The van der Waals surface area contributed by atoms with Crippen LogP contribution in [0.1, 0.15) is 11.1 Å². The van der Waals surface area contributed by atoms with Gasteiger partial charge in [-0.2, -0.15) is 18.3 Å². The highest BCUT2D eigenvalue weighted by atomic mass is 35.5. The van der Waals surface area contributed by atoms with Gasteiger partial charge in [0.1, 0.15) is 0 Å². The molecule has 0 aliphatic carbocycles. The monoisotopic (exact) mass is 289 g/mol. The van der Waals surface area contributed by atoms with E-state index in [9.17, 15) is 13.2 Å². The Morgan fingerprint density at radius 2 is 2.05 bits per heavy atom. The maximum Gasteiger partial charge on any atom is 0.419 e. The number of nitrogens with zero attached hydrogens (tertiary/aromatic N) is 2. The lowest BCUT2D eigenvalue weighted by atomic mass is 10.1. The van der Waals surface area contributed by atoms with E-state index in [4.69, 9.17) is 17.3 Å². The van der Waals surface area contributed by atoms with Crippen molar-refractivity contribution in [3.05, 3.63) is 46.7 Å². The molecular formula is C12H11ClF3N3. The van der Waals surface area contributed by atoms with Crippen LogP contribution >= 0.6 is 11.6 Å². The molecule has 0 fully saturated rings. The average Bonchev–Trinajstić information content (AvgIpc) is 2.78. The fourth-order valence-electron chi connectivity index (χ4n) is 1.77. The van der Waals surface area contributed by atoms with Gasteiger partial charge in [0.05, 0.1) is 22.5 Å². The second kappa shape index (κ2) is 5.22. The standard InChI is InChI=1S/C12H11ClF3N3/c13-10-3-1-2-8(4-5-17)11(10)19-7-9(6-18-19)12(14,15)16/h1-3,6-7H,4-5,17H2. The van der Waals surface area contributed by atoms with Crippen molar-refractivity contribution in [1.82, 2.24) is 9.78 Å². The second-order valence-corrected chi connectivity index (χ2v) is 4.36. The molecule has 0 atom stereocenters. The number of halogens is 4. The summed E-state index contributed by atoms with van der Waals surface area (Å²) in [7, 11) is 0. The Morgan fingerprint density at radius 3 is 2.63 bits per heavy atom. The lowest BCUT2D eigenvalue weighted by Gasteiger charge is -2.10. The van der Waals surface area contributed by atoms with Crippen LogP contribution in [0.15, 0.2) is 30.6 Å². The van der Waals surface area contributed by atoms with Crippen molar-refractivity contribution in [2.75, 3.05) is 6.54 Å². The van der Waals surface area contributed by atoms with E-state index in [0.29, 0.717) is 23.7 Å². The normalized spacial score (nSPS) is 11.8. The number of para-hydroxylation sites is 1. The molecule has 7 heteroatoms. The fraction of sp³-hybridized carbons (Fsp3) is 0.250. The summed E-state index contributed by atoms with van der Waals surface area (Å²) >= 11 is 6.04. The number of benzene rings is 1. The van der Waals surface area contributed by atoms with Gasteiger partial charge in [-0.05, 0) is 24.6 Å². The molecule has 0 spiro atoms. The van der Waals surface area contributed by atoms with Crippen molar-refractivity contribution in [1.29, 1.82) is 0 Å². The van der Waals surface area contributed by atoms with Gasteiger partial charge < -0.3 is 5.73 Å². The molecule has 0 saturated heterocycles. The minimum Gasteiger partial charge on any atom is -0.330 e. The predicted molar refractivity (Wildman–Crippen MR) is 66.3 cm³/mol. The second-order valence-electron chi connectivity index (χ2n) is 3.96. The van der Waals surface area contributed by atoms with Crippen molar-refractivity contribution in [3.8, 4) is 5.69 Å². The van der Waals surface area contributed by atoms with Crippen LogP contribution in [0.3, 0.4) is 0 Å². The Labute approximate surface area is 112 Å². The smallest absolute Gasteiger partial charge is 0.330 e. The SMILES string of the molecule is NCCc1cccc(Cl)c1-n1cc(C(F)(F)F)cn1. The zero-order chi connectivity index (χ0) is 14.0. The maximum atomic E-state index is 12.6. The summed E-state index contributed by atoms with van der Waals surface area (Å²) in [5, 5.41) is 4.06. The van der Waals surface area contributed by atoms with E-state index in [1.165, 1.54) is 0 Å².